The van der Waals surface area contributed by atoms with Gasteiger partial charge in [-0.25, -0.2) is 0 Å². The zero-order valence-corrected chi connectivity index (χ0v) is 12.8. The van der Waals surface area contributed by atoms with Crippen LogP contribution >= 0.6 is 0 Å². The molecule has 5 nitrogen and oxygen atoms in total. The number of hydrogen-bond acceptors (Lipinski definition) is 4. The molecule has 1 unspecified atom stereocenters. The van der Waals surface area contributed by atoms with Crippen LogP contribution in [0.3, 0.4) is 0 Å². The Morgan fingerprint density at radius 3 is 2.65 bits per heavy atom. The number of benzene rings is 1. The van der Waals surface area contributed by atoms with Crippen LogP contribution in [0, 0.1) is 0 Å². The number of methoxy groups -OCH3 is 1. The van der Waals surface area contributed by atoms with Crippen LogP contribution in [0.25, 0.3) is 0 Å². The van der Waals surface area contributed by atoms with E-state index in [-0.39, 0.29) is 5.91 Å². The van der Waals surface area contributed by atoms with Crippen molar-refractivity contribution in [3.05, 3.63) is 24.3 Å². The molecule has 0 bridgehead atoms. The second-order valence-electron chi connectivity index (χ2n) is 5.07. The van der Waals surface area contributed by atoms with Gasteiger partial charge in [-0.2, -0.15) is 0 Å². The lowest BCUT2D eigenvalue weighted by Gasteiger charge is -2.30. The first-order chi connectivity index (χ1) is 9.44. The minimum atomic E-state index is -0.689. The minimum absolute atomic E-state index is 0.326. The fourth-order valence-corrected chi connectivity index (χ4v) is 2.15. The predicted octanol–water partition coefficient (Wildman–Crippen LogP) is 1.38. The molecule has 0 heterocycles. The van der Waals surface area contributed by atoms with Crippen molar-refractivity contribution in [3.63, 3.8) is 0 Å². The largest absolute Gasteiger partial charge is 0.495 e. The van der Waals surface area contributed by atoms with E-state index in [2.05, 4.69) is 10.2 Å². The highest BCUT2D eigenvalue weighted by Gasteiger charge is 2.30. The van der Waals surface area contributed by atoms with Gasteiger partial charge in [-0.1, -0.05) is 19.1 Å². The van der Waals surface area contributed by atoms with E-state index in [0.717, 1.165) is 11.4 Å². The van der Waals surface area contributed by atoms with E-state index in [1.54, 1.807) is 7.11 Å². The zero-order chi connectivity index (χ0) is 15.2. The van der Waals surface area contributed by atoms with E-state index >= 15 is 0 Å². The molecule has 1 atom stereocenters. The maximum absolute atomic E-state index is 11.6. The van der Waals surface area contributed by atoms with Crippen molar-refractivity contribution in [3.8, 4) is 5.75 Å². The molecule has 0 aliphatic carbocycles. The second kappa shape index (κ2) is 7.14. The summed E-state index contributed by atoms with van der Waals surface area (Å²) < 4.78 is 5.34. The van der Waals surface area contributed by atoms with Crippen LogP contribution in [0.1, 0.15) is 20.3 Å². The third kappa shape index (κ3) is 3.87. The summed E-state index contributed by atoms with van der Waals surface area (Å²) in [6.45, 7) is 5.21. The molecule has 1 aromatic carbocycles. The molecule has 0 saturated carbocycles. The van der Waals surface area contributed by atoms with Gasteiger partial charge in [-0.05, 0) is 32.0 Å². The molecule has 0 radical (unpaired) electrons. The van der Waals surface area contributed by atoms with Crippen molar-refractivity contribution in [2.75, 3.05) is 32.1 Å². The van der Waals surface area contributed by atoms with E-state index in [1.807, 2.05) is 45.2 Å². The van der Waals surface area contributed by atoms with E-state index in [0.29, 0.717) is 19.5 Å². The normalized spacial score (nSPS) is 13.6. The highest BCUT2D eigenvalue weighted by molar-refractivity contribution is 5.84. The van der Waals surface area contributed by atoms with Gasteiger partial charge in [-0.15, -0.1) is 0 Å². The predicted molar refractivity (Wildman–Crippen MR) is 82.2 cm³/mol. The van der Waals surface area contributed by atoms with Crippen molar-refractivity contribution in [2.45, 2.75) is 25.8 Å². The fraction of sp³-hybridized carbons (Fsp3) is 0.533. The number of carbonyl (C=O) groups is 1. The van der Waals surface area contributed by atoms with Gasteiger partial charge in [0.05, 0.1) is 18.3 Å². The molecule has 5 heteroatoms. The summed E-state index contributed by atoms with van der Waals surface area (Å²) in [5.41, 5.74) is 5.80. The summed E-state index contributed by atoms with van der Waals surface area (Å²) >= 11 is 0. The fourth-order valence-electron chi connectivity index (χ4n) is 2.15. The SMILES string of the molecule is CCNC(C)(CCN(C)c1ccccc1OC)C(N)=O. The summed E-state index contributed by atoms with van der Waals surface area (Å²) in [4.78, 5) is 13.7. The number of ether oxygens (including phenoxy) is 1. The van der Waals surface area contributed by atoms with Crippen LogP contribution in [-0.2, 0) is 4.79 Å². The first kappa shape index (κ1) is 16.3. The maximum Gasteiger partial charge on any atom is 0.237 e. The molecule has 0 aliphatic heterocycles. The molecule has 0 spiro atoms. The van der Waals surface area contributed by atoms with Crippen LogP contribution in [0.15, 0.2) is 24.3 Å². The number of amides is 1. The second-order valence-corrected chi connectivity index (χ2v) is 5.07. The molecule has 0 fully saturated rings. The van der Waals surface area contributed by atoms with Gasteiger partial charge in [0.15, 0.2) is 0 Å². The standard InChI is InChI=1S/C15H25N3O2/c1-5-17-15(2,14(16)19)10-11-18(3)12-8-6-7-9-13(12)20-4/h6-9,17H,5,10-11H2,1-4H3,(H2,16,19). The quantitative estimate of drug-likeness (QED) is 0.754. The molecule has 1 aromatic rings. The molecule has 112 valence electrons. The summed E-state index contributed by atoms with van der Waals surface area (Å²) in [6.07, 6.45) is 0.630. The topological polar surface area (TPSA) is 67.6 Å². The first-order valence-electron chi connectivity index (χ1n) is 6.83. The molecule has 0 aromatic heterocycles. The molecule has 20 heavy (non-hydrogen) atoms. The van der Waals surface area contributed by atoms with Crippen molar-refractivity contribution < 1.29 is 9.53 Å². The van der Waals surface area contributed by atoms with Gasteiger partial charge >= 0.3 is 0 Å². The third-order valence-electron chi connectivity index (χ3n) is 3.55. The van der Waals surface area contributed by atoms with Crippen molar-refractivity contribution in [1.29, 1.82) is 0 Å². The average Bonchev–Trinajstić information content (AvgIpc) is 2.44. The molecular formula is C15H25N3O2. The Morgan fingerprint density at radius 1 is 1.45 bits per heavy atom. The lowest BCUT2D eigenvalue weighted by Crippen LogP contribution is -2.54. The molecule has 1 rings (SSSR count). The first-order valence-corrected chi connectivity index (χ1v) is 6.83. The number of rotatable bonds is 8. The Hall–Kier alpha value is -1.75. The van der Waals surface area contributed by atoms with Crippen molar-refractivity contribution in [1.82, 2.24) is 5.32 Å². The van der Waals surface area contributed by atoms with Crippen molar-refractivity contribution >= 4 is 11.6 Å². The molecule has 3 N–H and O–H groups in total. The lowest BCUT2D eigenvalue weighted by atomic mass is 9.96. The van der Waals surface area contributed by atoms with E-state index < -0.39 is 5.54 Å². The number of hydrogen-bond donors (Lipinski definition) is 2. The number of likely N-dealkylation sites (N-methyl/N-ethyl adjacent to an activating group) is 1. The van der Waals surface area contributed by atoms with Gasteiger partial charge < -0.3 is 20.7 Å². The molecule has 1 amide bonds. The zero-order valence-electron chi connectivity index (χ0n) is 12.8. The lowest BCUT2D eigenvalue weighted by molar-refractivity contribution is -0.123. The highest BCUT2D eigenvalue weighted by Crippen LogP contribution is 2.27. The summed E-state index contributed by atoms with van der Waals surface area (Å²) in [6, 6.07) is 7.81. The number of nitrogens with two attached hydrogens (primary N) is 1. The molecule has 0 saturated heterocycles. The maximum atomic E-state index is 11.6. The number of nitrogens with zero attached hydrogens (tertiary/aromatic N) is 1. The van der Waals surface area contributed by atoms with E-state index in [1.165, 1.54) is 0 Å². The Kier molecular flexibility index (Phi) is 5.82. The molecular weight excluding hydrogens is 254 g/mol. The Bertz CT molecular complexity index is 450. The van der Waals surface area contributed by atoms with Crippen LogP contribution in [0.5, 0.6) is 5.75 Å². The summed E-state index contributed by atoms with van der Waals surface area (Å²) in [5.74, 6) is 0.493. The monoisotopic (exact) mass is 279 g/mol. The number of para-hydroxylation sites is 2. The van der Waals surface area contributed by atoms with Crippen molar-refractivity contribution in [2.24, 2.45) is 5.73 Å². The minimum Gasteiger partial charge on any atom is -0.495 e. The summed E-state index contributed by atoms with van der Waals surface area (Å²) in [5, 5.41) is 3.16. The number of carbonyl (C=O) groups excluding carboxylic acids is 1. The van der Waals surface area contributed by atoms with Crippen LogP contribution in [0.4, 0.5) is 5.69 Å². The number of anilines is 1. The Labute approximate surface area is 121 Å². The number of primary amides is 1. The van der Waals surface area contributed by atoms with Crippen LogP contribution in [-0.4, -0.2) is 38.7 Å². The van der Waals surface area contributed by atoms with Gasteiger partial charge in [0.2, 0.25) is 5.91 Å². The van der Waals surface area contributed by atoms with Gasteiger partial charge in [0.25, 0.3) is 0 Å². The van der Waals surface area contributed by atoms with E-state index in [4.69, 9.17) is 10.5 Å². The Balaban J connectivity index is 2.75. The Morgan fingerprint density at radius 2 is 2.10 bits per heavy atom. The smallest absolute Gasteiger partial charge is 0.237 e. The van der Waals surface area contributed by atoms with Crippen LogP contribution in [0.2, 0.25) is 0 Å². The molecule has 0 aliphatic rings. The van der Waals surface area contributed by atoms with Gasteiger partial charge in [0.1, 0.15) is 5.75 Å². The van der Waals surface area contributed by atoms with Gasteiger partial charge in [-0.3, -0.25) is 4.79 Å². The van der Waals surface area contributed by atoms with Crippen LogP contribution < -0.4 is 20.7 Å². The highest BCUT2D eigenvalue weighted by atomic mass is 16.5. The average molecular weight is 279 g/mol. The number of nitrogens with one attached hydrogen (secondary N) is 1. The third-order valence-corrected chi connectivity index (χ3v) is 3.55. The summed E-state index contributed by atoms with van der Waals surface area (Å²) in [7, 11) is 3.63. The van der Waals surface area contributed by atoms with Gasteiger partial charge in [0, 0.05) is 13.6 Å². The van der Waals surface area contributed by atoms with E-state index in [9.17, 15) is 4.79 Å².